The first-order valence-electron chi connectivity index (χ1n) is 3.78. The lowest BCUT2D eigenvalue weighted by molar-refractivity contribution is 0.547. The minimum Gasteiger partial charge on any atom is -0.460 e. The van der Waals surface area contributed by atoms with E-state index in [0.29, 0.717) is 5.13 Å². The summed E-state index contributed by atoms with van der Waals surface area (Å²) in [5, 5.41) is 2.58. The van der Waals surface area contributed by atoms with Crippen molar-refractivity contribution in [2.24, 2.45) is 5.84 Å². The van der Waals surface area contributed by atoms with E-state index in [1.807, 2.05) is 24.4 Å². The molecule has 13 heavy (non-hydrogen) atoms. The van der Waals surface area contributed by atoms with Gasteiger partial charge in [-0.2, -0.15) is 0 Å². The van der Waals surface area contributed by atoms with Gasteiger partial charge in [-0.1, -0.05) is 0 Å². The maximum absolute atomic E-state index is 5.40. The van der Waals surface area contributed by atoms with Gasteiger partial charge in [0.15, 0.2) is 10.9 Å². The van der Waals surface area contributed by atoms with Crippen LogP contribution >= 0.6 is 11.3 Å². The Labute approximate surface area is 79.4 Å². The third-order valence-electron chi connectivity index (χ3n) is 1.62. The van der Waals surface area contributed by atoms with Crippen molar-refractivity contribution in [3.05, 3.63) is 23.3 Å². The molecule has 0 aliphatic carbocycles. The Hall–Kier alpha value is -1.33. The van der Waals surface area contributed by atoms with Crippen molar-refractivity contribution >= 4 is 16.5 Å². The van der Waals surface area contributed by atoms with Gasteiger partial charge in [0.2, 0.25) is 0 Å². The summed E-state index contributed by atoms with van der Waals surface area (Å²) >= 11 is 1.45. The zero-order valence-corrected chi connectivity index (χ0v) is 7.89. The molecule has 0 unspecified atom stereocenters. The molecule has 0 saturated heterocycles. The van der Waals surface area contributed by atoms with Crippen LogP contribution in [-0.4, -0.2) is 4.98 Å². The maximum atomic E-state index is 5.40. The summed E-state index contributed by atoms with van der Waals surface area (Å²) < 4.78 is 5.40. The Balaban J connectivity index is 2.35. The Morgan fingerprint density at radius 3 is 2.92 bits per heavy atom. The van der Waals surface area contributed by atoms with Crippen LogP contribution in [0.15, 0.2) is 21.9 Å². The molecule has 0 bridgehead atoms. The predicted octanol–water partition coefficient (Wildman–Crippen LogP) is 2.00. The number of hydrogen-bond donors (Lipinski definition) is 2. The van der Waals surface area contributed by atoms with E-state index in [9.17, 15) is 0 Å². The second-order valence-corrected chi connectivity index (χ2v) is 3.45. The zero-order valence-electron chi connectivity index (χ0n) is 7.07. The first-order chi connectivity index (χ1) is 6.29. The monoisotopic (exact) mass is 195 g/mol. The van der Waals surface area contributed by atoms with E-state index in [4.69, 9.17) is 10.3 Å². The highest BCUT2D eigenvalue weighted by molar-refractivity contribution is 7.14. The molecule has 3 N–H and O–H groups in total. The number of rotatable bonds is 2. The topological polar surface area (TPSA) is 64.1 Å². The average Bonchev–Trinajstić information content (AvgIpc) is 2.71. The first-order valence-corrected chi connectivity index (χ1v) is 4.66. The van der Waals surface area contributed by atoms with Gasteiger partial charge in [0.05, 0.1) is 0 Å². The third kappa shape index (κ3) is 1.56. The van der Waals surface area contributed by atoms with Gasteiger partial charge in [-0.15, -0.1) is 11.3 Å². The molecule has 2 heterocycles. The molecule has 0 radical (unpaired) electrons. The second-order valence-electron chi connectivity index (χ2n) is 2.59. The Morgan fingerprint density at radius 2 is 2.38 bits per heavy atom. The lowest BCUT2D eigenvalue weighted by atomic mass is 10.4. The van der Waals surface area contributed by atoms with Crippen molar-refractivity contribution in [2.45, 2.75) is 6.92 Å². The van der Waals surface area contributed by atoms with Crippen LogP contribution < -0.4 is 11.3 Å². The highest BCUT2D eigenvalue weighted by Gasteiger charge is 2.06. The van der Waals surface area contributed by atoms with Crippen molar-refractivity contribution in [2.75, 3.05) is 5.43 Å². The summed E-state index contributed by atoms with van der Waals surface area (Å²) in [5.41, 5.74) is 3.30. The summed E-state index contributed by atoms with van der Waals surface area (Å²) in [5.74, 6) is 6.87. The smallest absolute Gasteiger partial charge is 0.197 e. The minimum atomic E-state index is 0.684. The molecule has 0 aromatic carbocycles. The van der Waals surface area contributed by atoms with Crippen molar-refractivity contribution < 1.29 is 4.42 Å². The molecule has 0 amide bonds. The summed E-state index contributed by atoms with van der Waals surface area (Å²) in [7, 11) is 0. The molecule has 2 rings (SSSR count). The number of furan rings is 1. The second kappa shape index (κ2) is 3.20. The number of thiazole rings is 1. The lowest BCUT2D eigenvalue weighted by Crippen LogP contribution is -2.05. The number of hydrazine groups is 1. The van der Waals surface area contributed by atoms with Gasteiger partial charge in [-0.05, 0) is 19.1 Å². The van der Waals surface area contributed by atoms with E-state index < -0.39 is 0 Å². The van der Waals surface area contributed by atoms with E-state index in [2.05, 4.69) is 10.4 Å². The molecule has 0 aliphatic heterocycles. The molecule has 0 atom stereocenters. The molecule has 0 aliphatic rings. The summed E-state index contributed by atoms with van der Waals surface area (Å²) in [6.45, 7) is 1.90. The molecule has 5 heteroatoms. The van der Waals surface area contributed by atoms with Gasteiger partial charge in [-0.3, -0.25) is 5.43 Å². The molecular formula is C8H9N3OS. The van der Waals surface area contributed by atoms with E-state index in [1.54, 1.807) is 0 Å². The van der Waals surface area contributed by atoms with Crippen LogP contribution in [-0.2, 0) is 0 Å². The Morgan fingerprint density at radius 1 is 1.54 bits per heavy atom. The van der Waals surface area contributed by atoms with Crippen LogP contribution in [0.4, 0.5) is 5.13 Å². The maximum Gasteiger partial charge on any atom is 0.197 e. The van der Waals surface area contributed by atoms with E-state index in [0.717, 1.165) is 17.2 Å². The van der Waals surface area contributed by atoms with Crippen LogP contribution in [0.2, 0.25) is 0 Å². The minimum absolute atomic E-state index is 0.684. The molecule has 0 spiro atoms. The number of nitrogens with one attached hydrogen (secondary N) is 1. The quantitative estimate of drug-likeness (QED) is 0.568. The molecule has 0 fully saturated rings. The highest BCUT2D eigenvalue weighted by atomic mass is 32.1. The van der Waals surface area contributed by atoms with Gasteiger partial charge in [0, 0.05) is 5.38 Å². The van der Waals surface area contributed by atoms with Crippen LogP contribution in [0, 0.1) is 6.92 Å². The first kappa shape index (κ1) is 8.28. The molecule has 0 saturated carbocycles. The number of hydrogen-bond acceptors (Lipinski definition) is 5. The van der Waals surface area contributed by atoms with Crippen molar-refractivity contribution in [3.63, 3.8) is 0 Å². The van der Waals surface area contributed by atoms with E-state index >= 15 is 0 Å². The van der Waals surface area contributed by atoms with Crippen LogP contribution in [0.5, 0.6) is 0 Å². The van der Waals surface area contributed by atoms with E-state index in [1.165, 1.54) is 11.3 Å². The largest absolute Gasteiger partial charge is 0.460 e. The number of aromatic nitrogens is 1. The summed E-state index contributed by atoms with van der Waals surface area (Å²) in [6, 6.07) is 3.80. The molecular weight excluding hydrogens is 186 g/mol. The molecule has 68 valence electrons. The van der Waals surface area contributed by atoms with Gasteiger partial charge < -0.3 is 4.42 Å². The lowest BCUT2D eigenvalue weighted by Gasteiger charge is -1.89. The van der Waals surface area contributed by atoms with Crippen LogP contribution in [0.3, 0.4) is 0 Å². The standard InChI is InChI=1S/C8H9N3OS/c1-5-2-3-7(12-5)6-4-13-8(10-6)11-9/h2-4H,9H2,1H3,(H,10,11). The number of nitrogen functional groups attached to an aromatic ring is 1. The molecule has 2 aromatic heterocycles. The number of aryl methyl sites for hydroxylation is 1. The number of nitrogens with two attached hydrogens (primary N) is 1. The van der Waals surface area contributed by atoms with Gasteiger partial charge in [0.1, 0.15) is 11.5 Å². The van der Waals surface area contributed by atoms with E-state index in [-0.39, 0.29) is 0 Å². The van der Waals surface area contributed by atoms with Gasteiger partial charge in [0.25, 0.3) is 0 Å². The highest BCUT2D eigenvalue weighted by Crippen LogP contribution is 2.25. The van der Waals surface area contributed by atoms with Crippen LogP contribution in [0.25, 0.3) is 11.5 Å². The number of nitrogens with zero attached hydrogens (tertiary/aromatic N) is 1. The van der Waals surface area contributed by atoms with Gasteiger partial charge in [-0.25, -0.2) is 10.8 Å². The van der Waals surface area contributed by atoms with Crippen molar-refractivity contribution in [1.29, 1.82) is 0 Å². The van der Waals surface area contributed by atoms with Crippen LogP contribution in [0.1, 0.15) is 5.76 Å². The number of anilines is 1. The zero-order chi connectivity index (χ0) is 9.26. The fourth-order valence-corrected chi connectivity index (χ4v) is 1.64. The third-order valence-corrected chi connectivity index (χ3v) is 2.39. The molecule has 2 aromatic rings. The fourth-order valence-electron chi connectivity index (χ4n) is 1.03. The normalized spacial score (nSPS) is 10.3. The SMILES string of the molecule is Cc1ccc(-c2csc(NN)n2)o1. The molecule has 4 nitrogen and oxygen atoms in total. The predicted molar refractivity (Wildman–Crippen MR) is 52.4 cm³/mol. The van der Waals surface area contributed by atoms with Gasteiger partial charge >= 0.3 is 0 Å². The van der Waals surface area contributed by atoms with Crippen molar-refractivity contribution in [3.8, 4) is 11.5 Å². The Bertz CT molecular complexity index is 407. The van der Waals surface area contributed by atoms with Crippen molar-refractivity contribution in [1.82, 2.24) is 4.98 Å². The Kier molecular flexibility index (Phi) is 2.03. The fraction of sp³-hybridized carbons (Fsp3) is 0.125. The summed E-state index contributed by atoms with van der Waals surface area (Å²) in [6.07, 6.45) is 0. The average molecular weight is 195 g/mol. The summed E-state index contributed by atoms with van der Waals surface area (Å²) in [4.78, 5) is 4.20.